The Kier molecular flexibility index (Phi) is 4.11. The lowest BCUT2D eigenvalue weighted by atomic mass is 9.86. The molecule has 0 saturated carbocycles. The fourth-order valence-corrected chi connectivity index (χ4v) is 4.06. The highest BCUT2D eigenvalue weighted by Gasteiger charge is 2.37. The first-order chi connectivity index (χ1) is 12.9. The van der Waals surface area contributed by atoms with Crippen molar-refractivity contribution in [2.24, 2.45) is 5.73 Å². The van der Waals surface area contributed by atoms with Gasteiger partial charge in [0.25, 0.3) is 0 Å². The average Bonchev–Trinajstić information content (AvgIpc) is 2.95. The highest BCUT2D eigenvalue weighted by atomic mass is 35.5. The number of carbonyl (C=O) groups excluding carboxylic acids is 1. The van der Waals surface area contributed by atoms with E-state index in [0.29, 0.717) is 32.6 Å². The molecule has 1 unspecified atom stereocenters. The van der Waals surface area contributed by atoms with E-state index < -0.39 is 5.92 Å². The van der Waals surface area contributed by atoms with Gasteiger partial charge in [-0.15, -0.1) is 0 Å². The van der Waals surface area contributed by atoms with Crippen LogP contribution in [0.2, 0.25) is 10.0 Å². The lowest BCUT2D eigenvalue weighted by Crippen LogP contribution is -2.24. The Hall–Kier alpha value is -2.94. The number of fused-ring (bicyclic) bond motifs is 3. The third kappa shape index (κ3) is 2.57. The Morgan fingerprint density at radius 3 is 2.67 bits per heavy atom. The Balaban J connectivity index is 2.13. The Morgan fingerprint density at radius 2 is 2.00 bits per heavy atom. The molecule has 0 radical (unpaired) electrons. The molecule has 2 heterocycles. The zero-order chi connectivity index (χ0) is 19.3. The summed E-state index contributed by atoms with van der Waals surface area (Å²) in [5, 5.41) is 11.3. The van der Waals surface area contributed by atoms with Crippen LogP contribution in [0.15, 0.2) is 53.9 Å². The van der Waals surface area contributed by atoms with Crippen molar-refractivity contribution in [1.82, 2.24) is 4.57 Å². The third-order valence-corrected chi connectivity index (χ3v) is 5.17. The van der Waals surface area contributed by atoms with E-state index >= 15 is 0 Å². The van der Waals surface area contributed by atoms with Gasteiger partial charge in [0, 0.05) is 22.4 Å². The molecule has 7 heteroatoms. The predicted octanol–water partition coefficient (Wildman–Crippen LogP) is 4.83. The summed E-state index contributed by atoms with van der Waals surface area (Å²) < 4.78 is 7.33. The van der Waals surface area contributed by atoms with Crippen LogP contribution in [0.4, 0.5) is 0 Å². The summed E-state index contributed by atoms with van der Waals surface area (Å²) >= 11 is 12.5. The second kappa shape index (κ2) is 6.34. The molecule has 1 aliphatic rings. The van der Waals surface area contributed by atoms with Gasteiger partial charge >= 0.3 is 0 Å². The molecule has 2 N–H and O–H groups in total. The molecule has 0 fully saturated rings. The van der Waals surface area contributed by atoms with E-state index in [1.807, 2.05) is 24.3 Å². The number of allylic oxidation sites excluding steroid dienone is 1. The van der Waals surface area contributed by atoms with Gasteiger partial charge < -0.3 is 10.5 Å². The predicted molar refractivity (Wildman–Crippen MR) is 104 cm³/mol. The molecule has 0 spiro atoms. The number of nitrogens with zero attached hydrogens (tertiary/aromatic N) is 2. The van der Waals surface area contributed by atoms with Gasteiger partial charge in [-0.3, -0.25) is 9.36 Å². The van der Waals surface area contributed by atoms with E-state index in [9.17, 15) is 10.1 Å². The number of para-hydroxylation sites is 1. The smallest absolute Gasteiger partial charge is 0.228 e. The molecule has 1 atom stereocenters. The molecule has 0 bridgehead atoms. The summed E-state index contributed by atoms with van der Waals surface area (Å²) in [7, 11) is 0. The minimum absolute atomic E-state index is 0.00697. The topological polar surface area (TPSA) is 81.0 Å². The highest BCUT2D eigenvalue weighted by molar-refractivity contribution is 6.35. The Labute approximate surface area is 165 Å². The SMILES string of the molecule is CC(=O)n1c2c(c3ccccc31)OC(N)=C(C#N)C2c1ccc(Cl)cc1Cl. The van der Waals surface area contributed by atoms with Gasteiger partial charge in [-0.2, -0.15) is 5.26 Å². The number of aromatic nitrogens is 1. The lowest BCUT2D eigenvalue weighted by molar-refractivity contribution is 0.0937. The molecule has 134 valence electrons. The zero-order valence-corrected chi connectivity index (χ0v) is 15.7. The number of hydrogen-bond acceptors (Lipinski definition) is 4. The van der Waals surface area contributed by atoms with Crippen LogP contribution in [-0.2, 0) is 0 Å². The fraction of sp³-hybridized carbons (Fsp3) is 0.100. The van der Waals surface area contributed by atoms with E-state index in [1.54, 1.807) is 22.8 Å². The molecule has 27 heavy (non-hydrogen) atoms. The number of benzene rings is 2. The van der Waals surface area contributed by atoms with Crippen molar-refractivity contribution in [1.29, 1.82) is 5.26 Å². The van der Waals surface area contributed by atoms with E-state index in [-0.39, 0.29) is 17.4 Å². The highest BCUT2D eigenvalue weighted by Crippen LogP contribution is 2.48. The van der Waals surface area contributed by atoms with Crippen molar-refractivity contribution in [3.8, 4) is 11.8 Å². The van der Waals surface area contributed by atoms with Crippen molar-refractivity contribution in [3.63, 3.8) is 0 Å². The van der Waals surface area contributed by atoms with Crippen LogP contribution in [0.5, 0.6) is 5.75 Å². The van der Waals surface area contributed by atoms with Crippen LogP contribution >= 0.6 is 23.2 Å². The number of nitrogens with two attached hydrogens (primary N) is 1. The molecule has 3 aromatic rings. The summed E-state index contributed by atoms with van der Waals surface area (Å²) in [5.74, 6) is -0.412. The van der Waals surface area contributed by atoms with Gasteiger partial charge in [0.05, 0.1) is 17.1 Å². The monoisotopic (exact) mass is 397 g/mol. The number of hydrogen-bond donors (Lipinski definition) is 1. The molecule has 1 aromatic heterocycles. The second-order valence-electron chi connectivity index (χ2n) is 6.18. The minimum atomic E-state index is -0.653. The first-order valence-corrected chi connectivity index (χ1v) is 8.86. The Bertz CT molecular complexity index is 1190. The number of halogens is 2. The van der Waals surface area contributed by atoms with Crippen molar-refractivity contribution in [2.75, 3.05) is 0 Å². The van der Waals surface area contributed by atoms with Gasteiger partial charge in [-0.25, -0.2) is 0 Å². The van der Waals surface area contributed by atoms with Crippen LogP contribution in [0.3, 0.4) is 0 Å². The normalized spacial score (nSPS) is 16.0. The van der Waals surface area contributed by atoms with Crippen LogP contribution in [0.25, 0.3) is 10.9 Å². The maximum absolute atomic E-state index is 12.5. The lowest BCUT2D eigenvalue weighted by Gasteiger charge is -2.26. The summed E-state index contributed by atoms with van der Waals surface area (Å²) in [4.78, 5) is 12.5. The van der Waals surface area contributed by atoms with Crippen molar-refractivity contribution in [2.45, 2.75) is 12.8 Å². The quantitative estimate of drug-likeness (QED) is 0.637. The van der Waals surface area contributed by atoms with Crippen molar-refractivity contribution >= 4 is 40.0 Å². The van der Waals surface area contributed by atoms with Crippen LogP contribution in [0, 0.1) is 11.3 Å². The molecule has 0 amide bonds. The van der Waals surface area contributed by atoms with Gasteiger partial charge in [-0.05, 0) is 29.8 Å². The Morgan fingerprint density at radius 1 is 1.26 bits per heavy atom. The number of carbonyl (C=O) groups is 1. The standard InChI is InChI=1S/C20H13Cl2N3O2/c1-10(26)25-16-5-3-2-4-13(16)19-18(25)17(14(9-23)20(24)27-19)12-7-6-11(21)8-15(12)22/h2-8,17H,24H2,1H3. The zero-order valence-electron chi connectivity index (χ0n) is 14.2. The summed E-state index contributed by atoms with van der Waals surface area (Å²) in [6.07, 6.45) is 0. The van der Waals surface area contributed by atoms with Gasteiger partial charge in [0.1, 0.15) is 11.6 Å². The van der Waals surface area contributed by atoms with E-state index in [2.05, 4.69) is 6.07 Å². The van der Waals surface area contributed by atoms with Gasteiger partial charge in [0.2, 0.25) is 11.8 Å². The van der Waals surface area contributed by atoms with Crippen LogP contribution < -0.4 is 10.5 Å². The first kappa shape index (κ1) is 17.5. The number of nitriles is 1. The van der Waals surface area contributed by atoms with Crippen LogP contribution in [0.1, 0.15) is 28.9 Å². The van der Waals surface area contributed by atoms with E-state index in [1.165, 1.54) is 6.92 Å². The maximum atomic E-state index is 12.5. The summed E-state index contributed by atoms with van der Waals surface area (Å²) in [5.41, 5.74) is 8.08. The molecular weight excluding hydrogens is 385 g/mol. The van der Waals surface area contributed by atoms with Crippen molar-refractivity contribution in [3.05, 3.63) is 75.2 Å². The molecule has 4 rings (SSSR count). The van der Waals surface area contributed by atoms with E-state index in [0.717, 1.165) is 5.39 Å². The average molecular weight is 398 g/mol. The molecule has 0 saturated heterocycles. The first-order valence-electron chi connectivity index (χ1n) is 8.10. The molecule has 2 aromatic carbocycles. The number of rotatable bonds is 1. The molecule has 1 aliphatic heterocycles. The maximum Gasteiger partial charge on any atom is 0.228 e. The van der Waals surface area contributed by atoms with Crippen molar-refractivity contribution < 1.29 is 9.53 Å². The van der Waals surface area contributed by atoms with Gasteiger partial charge in [0.15, 0.2) is 5.75 Å². The molecular formula is C20H13Cl2N3O2. The summed E-state index contributed by atoms with van der Waals surface area (Å²) in [6, 6.07) is 14.5. The molecule has 0 aliphatic carbocycles. The minimum Gasteiger partial charge on any atom is -0.438 e. The van der Waals surface area contributed by atoms with Gasteiger partial charge in [-0.1, -0.05) is 41.4 Å². The molecule has 5 nitrogen and oxygen atoms in total. The largest absolute Gasteiger partial charge is 0.438 e. The van der Waals surface area contributed by atoms with E-state index in [4.69, 9.17) is 33.7 Å². The third-order valence-electron chi connectivity index (χ3n) is 4.61. The number of ether oxygens (including phenoxy) is 1. The van der Waals surface area contributed by atoms with Crippen LogP contribution in [-0.4, -0.2) is 10.5 Å². The fourth-order valence-electron chi connectivity index (χ4n) is 3.54. The second-order valence-corrected chi connectivity index (χ2v) is 7.02. The summed E-state index contributed by atoms with van der Waals surface area (Å²) in [6.45, 7) is 1.46.